The minimum Gasteiger partial charge on any atom is -0.308 e. The molecule has 0 spiro atoms. The highest BCUT2D eigenvalue weighted by atomic mass is 15.0. The number of hydrogen-bond donors (Lipinski definition) is 0. The van der Waals surface area contributed by atoms with Crippen molar-refractivity contribution in [3.63, 3.8) is 0 Å². The largest absolute Gasteiger partial charge is 0.308 e. The van der Waals surface area contributed by atoms with Gasteiger partial charge in [-0.15, -0.1) is 0 Å². The molecule has 0 radical (unpaired) electrons. The van der Waals surface area contributed by atoms with Crippen LogP contribution in [-0.2, 0) is 0 Å². The molecule has 10 aromatic carbocycles. The van der Waals surface area contributed by atoms with E-state index in [2.05, 4.69) is 247 Å². The molecule has 0 unspecified atom stereocenters. The molecule has 0 amide bonds. The average molecular weight is 951 g/mol. The number of hydrogen-bond acceptors (Lipinski definition) is 2. The van der Waals surface area contributed by atoms with Crippen LogP contribution in [0.3, 0.4) is 0 Å². The maximum Gasteiger partial charge on any atom is 0.0993 e. The first-order valence-electron chi connectivity index (χ1n) is 25.4. The average Bonchev–Trinajstić information content (AvgIpc) is 3.88. The van der Waals surface area contributed by atoms with Gasteiger partial charge in [-0.3, -0.25) is 0 Å². The van der Waals surface area contributed by atoms with Gasteiger partial charge in [0.2, 0.25) is 0 Å². The monoisotopic (exact) mass is 950 g/mol. The maximum absolute atomic E-state index is 11.2. The fourth-order valence-corrected chi connectivity index (χ4v) is 11.9. The van der Waals surface area contributed by atoms with Crippen molar-refractivity contribution in [3.8, 4) is 79.1 Å². The third-order valence-corrected chi connectivity index (χ3v) is 14.8. The summed E-state index contributed by atoms with van der Waals surface area (Å²) in [6, 6.07) is 71.3. The smallest absolute Gasteiger partial charge is 0.0993 e. The van der Waals surface area contributed by atoms with Gasteiger partial charge in [-0.05, 0) is 178 Å². The highest BCUT2D eigenvalue weighted by molar-refractivity contribution is 6.14. The van der Waals surface area contributed by atoms with E-state index in [1.54, 1.807) is 0 Å². The lowest BCUT2D eigenvalue weighted by Crippen LogP contribution is -2.05. The highest BCUT2D eigenvalue weighted by Gasteiger charge is 2.25. The zero-order valence-electron chi connectivity index (χ0n) is 43.1. The SMILES string of the molecule is Cc1cc(C)cc(-c2ccc3c(c2)c2cc(-c4cc(C)cc(C)c4)ccc2n3-c2cc(C#N)cc(-n3c4ccc(-c5cc(C)cc(C)c5)cc4c4cc(-c5cc(C)cc(C)c5)ccc43)c2-c2ccc(C#N)cc2)c1. The summed E-state index contributed by atoms with van der Waals surface area (Å²) in [4.78, 5) is 0. The van der Waals surface area contributed by atoms with Gasteiger partial charge >= 0.3 is 0 Å². The van der Waals surface area contributed by atoms with Gasteiger partial charge < -0.3 is 9.13 Å². The van der Waals surface area contributed by atoms with E-state index in [0.29, 0.717) is 11.1 Å². The molecule has 4 heteroatoms. The quantitative estimate of drug-likeness (QED) is 0.160. The molecule has 0 saturated carbocycles. The predicted molar refractivity (Wildman–Crippen MR) is 310 cm³/mol. The van der Waals surface area contributed by atoms with E-state index in [0.717, 1.165) is 88.4 Å². The van der Waals surface area contributed by atoms with Crippen LogP contribution in [0, 0.1) is 78.1 Å². The van der Waals surface area contributed by atoms with E-state index in [9.17, 15) is 10.5 Å². The molecule has 2 heterocycles. The summed E-state index contributed by atoms with van der Waals surface area (Å²) >= 11 is 0. The molecule has 12 aromatic rings. The number of aryl methyl sites for hydroxylation is 8. The molecule has 0 fully saturated rings. The molecule has 0 aliphatic rings. The second kappa shape index (κ2) is 17.8. The molecule has 0 aliphatic carbocycles. The van der Waals surface area contributed by atoms with Gasteiger partial charge in [0, 0.05) is 27.1 Å². The molecule has 74 heavy (non-hydrogen) atoms. The topological polar surface area (TPSA) is 57.4 Å². The Morgan fingerprint density at radius 3 is 0.770 bits per heavy atom. The van der Waals surface area contributed by atoms with E-state index in [4.69, 9.17) is 0 Å². The Hall–Kier alpha value is -9.22. The molecule has 0 bridgehead atoms. The summed E-state index contributed by atoms with van der Waals surface area (Å²) in [6.45, 7) is 17.3. The minimum atomic E-state index is 0.537. The van der Waals surface area contributed by atoms with Gasteiger partial charge in [0.05, 0.1) is 56.7 Å². The number of rotatable bonds is 7. The molecule has 0 N–H and O–H groups in total. The van der Waals surface area contributed by atoms with Gasteiger partial charge in [0.25, 0.3) is 0 Å². The zero-order valence-corrected chi connectivity index (χ0v) is 43.1. The Balaban J connectivity index is 1.20. The van der Waals surface area contributed by atoms with Crippen LogP contribution >= 0.6 is 0 Å². The lowest BCUT2D eigenvalue weighted by Gasteiger charge is -2.21. The standard InChI is InChI=1S/C70H54N4/c1-41-21-42(2)26-56(25-41)52-13-17-64-60(35-52)61-36-53(57-27-43(3)22-44(4)28-57)14-18-65(61)73(64)68-33-50(40-72)34-69(70(68)51-11-9-49(39-71)10-12-51)74-66-19-15-54(58-29-45(5)23-46(6)30-58)37-62(66)63-38-55(16-20-67(63)74)59-31-47(7)24-48(8)32-59/h9-38H,1-8H3. The third-order valence-electron chi connectivity index (χ3n) is 14.8. The van der Waals surface area contributed by atoms with Gasteiger partial charge in [-0.2, -0.15) is 10.5 Å². The van der Waals surface area contributed by atoms with Crippen molar-refractivity contribution in [2.45, 2.75) is 55.4 Å². The van der Waals surface area contributed by atoms with Crippen molar-refractivity contribution in [1.82, 2.24) is 9.13 Å². The number of nitriles is 2. The van der Waals surface area contributed by atoms with Crippen LogP contribution in [0.4, 0.5) is 0 Å². The van der Waals surface area contributed by atoms with E-state index in [-0.39, 0.29) is 0 Å². The number of aromatic nitrogens is 2. The molecule has 2 aromatic heterocycles. The first-order chi connectivity index (χ1) is 35.8. The van der Waals surface area contributed by atoms with Crippen LogP contribution in [0.2, 0.25) is 0 Å². The zero-order chi connectivity index (χ0) is 51.1. The molecule has 0 atom stereocenters. The van der Waals surface area contributed by atoms with E-state index >= 15 is 0 Å². The first-order valence-corrected chi connectivity index (χ1v) is 25.4. The summed E-state index contributed by atoms with van der Waals surface area (Å²) < 4.78 is 4.73. The van der Waals surface area contributed by atoms with Gasteiger partial charge in [0.1, 0.15) is 0 Å². The summed E-state index contributed by atoms with van der Waals surface area (Å²) in [5.41, 5.74) is 27.9. The third kappa shape index (κ3) is 8.03. The second-order valence-corrected chi connectivity index (χ2v) is 20.8. The summed E-state index contributed by atoms with van der Waals surface area (Å²) in [7, 11) is 0. The summed E-state index contributed by atoms with van der Waals surface area (Å²) in [5.74, 6) is 0. The molecule has 4 nitrogen and oxygen atoms in total. The Kier molecular flexibility index (Phi) is 11.0. The molecule has 0 aliphatic heterocycles. The fraction of sp³-hybridized carbons (Fsp3) is 0.114. The van der Waals surface area contributed by atoms with E-state index in [1.807, 2.05) is 12.1 Å². The van der Waals surface area contributed by atoms with Crippen LogP contribution in [0.1, 0.15) is 55.6 Å². The van der Waals surface area contributed by atoms with Gasteiger partial charge in [0.15, 0.2) is 0 Å². The Labute approximate surface area is 433 Å². The Morgan fingerprint density at radius 1 is 0.257 bits per heavy atom. The predicted octanol–water partition coefficient (Wildman–Crippen LogP) is 18.4. The maximum atomic E-state index is 11.2. The minimum absolute atomic E-state index is 0.537. The Bertz CT molecular complexity index is 3860. The lowest BCUT2D eigenvalue weighted by atomic mass is 9.97. The summed E-state index contributed by atoms with van der Waals surface area (Å²) in [6.07, 6.45) is 0. The van der Waals surface area contributed by atoms with Crippen molar-refractivity contribution >= 4 is 43.6 Å². The van der Waals surface area contributed by atoms with Crippen LogP contribution in [0.5, 0.6) is 0 Å². The normalized spacial score (nSPS) is 11.5. The van der Waals surface area contributed by atoms with Gasteiger partial charge in [-0.1, -0.05) is 154 Å². The van der Waals surface area contributed by atoms with Crippen molar-refractivity contribution in [2.75, 3.05) is 0 Å². The van der Waals surface area contributed by atoms with Crippen LogP contribution < -0.4 is 0 Å². The highest BCUT2D eigenvalue weighted by Crippen LogP contribution is 2.45. The molecule has 12 rings (SSSR count). The molecular formula is C70H54N4. The fourth-order valence-electron chi connectivity index (χ4n) is 11.9. The van der Waals surface area contributed by atoms with Gasteiger partial charge in [-0.25, -0.2) is 0 Å². The van der Waals surface area contributed by atoms with E-state index in [1.165, 1.54) is 66.8 Å². The first kappa shape index (κ1) is 45.9. The van der Waals surface area contributed by atoms with Crippen LogP contribution in [0.25, 0.3) is 111 Å². The van der Waals surface area contributed by atoms with Crippen molar-refractivity contribution in [1.29, 1.82) is 10.5 Å². The van der Waals surface area contributed by atoms with Crippen LogP contribution in [-0.4, -0.2) is 9.13 Å². The number of benzene rings is 10. The van der Waals surface area contributed by atoms with Crippen molar-refractivity contribution in [3.05, 3.63) is 238 Å². The van der Waals surface area contributed by atoms with Crippen molar-refractivity contribution < 1.29 is 0 Å². The molecule has 0 saturated heterocycles. The Morgan fingerprint density at radius 2 is 0.514 bits per heavy atom. The van der Waals surface area contributed by atoms with Crippen LogP contribution in [0.15, 0.2) is 182 Å². The molecular weight excluding hydrogens is 897 g/mol. The molecule has 354 valence electrons. The number of nitrogens with zero attached hydrogens (tertiary/aromatic N) is 4. The van der Waals surface area contributed by atoms with Crippen molar-refractivity contribution in [2.24, 2.45) is 0 Å². The second-order valence-electron chi connectivity index (χ2n) is 20.8. The lowest BCUT2D eigenvalue weighted by molar-refractivity contribution is 1.13. The summed E-state index contributed by atoms with van der Waals surface area (Å²) in [5, 5.41) is 25.8. The number of fused-ring (bicyclic) bond motifs is 6. The van der Waals surface area contributed by atoms with E-state index < -0.39 is 0 Å².